The molecule has 0 saturated carbocycles. The lowest BCUT2D eigenvalue weighted by molar-refractivity contribution is 0.664. The Labute approximate surface area is 50.9 Å². The topological polar surface area (TPSA) is 12.0 Å². The molecular weight excluding hydrogens is 110 g/mol. The van der Waals surface area contributed by atoms with Crippen molar-refractivity contribution in [1.29, 1.82) is 0 Å². The average molecular weight is 122 g/mol. The Balaban J connectivity index is 0.000000360. The molecule has 0 aromatic heterocycles. The predicted molar refractivity (Wildman–Crippen MR) is 33.9 cm³/mol. The summed E-state index contributed by atoms with van der Waals surface area (Å²) >= 11 is 0. The summed E-state index contributed by atoms with van der Waals surface area (Å²) in [6.45, 7) is 3.47. The zero-order valence-corrected chi connectivity index (χ0v) is 5.42. The van der Waals surface area contributed by atoms with E-state index in [0.717, 1.165) is 6.04 Å². The van der Waals surface area contributed by atoms with Crippen molar-refractivity contribution in [3.8, 4) is 0 Å². The van der Waals surface area contributed by atoms with Crippen LogP contribution in [0, 0.1) is 0 Å². The molecule has 0 bridgehead atoms. The van der Waals surface area contributed by atoms with E-state index in [2.05, 4.69) is 12.2 Å². The first-order chi connectivity index (χ1) is 2.89. The second kappa shape index (κ2) is 3.28. The molecule has 0 radical (unpaired) electrons. The van der Waals surface area contributed by atoms with E-state index < -0.39 is 0 Å². The minimum absolute atomic E-state index is 0. The van der Waals surface area contributed by atoms with Gasteiger partial charge in [-0.25, -0.2) is 0 Å². The Morgan fingerprint density at radius 2 is 2.29 bits per heavy atom. The molecule has 1 atom stereocenters. The van der Waals surface area contributed by atoms with Gasteiger partial charge in [-0.05, 0) is 26.3 Å². The number of rotatable bonds is 0. The van der Waals surface area contributed by atoms with Gasteiger partial charge in [0.05, 0.1) is 0 Å². The Kier molecular flexibility index (Phi) is 3.39. The molecule has 1 N–H and O–H groups in total. The van der Waals surface area contributed by atoms with E-state index in [4.69, 9.17) is 0 Å². The van der Waals surface area contributed by atoms with Crippen LogP contribution in [-0.2, 0) is 0 Å². The van der Waals surface area contributed by atoms with Crippen LogP contribution in [0.4, 0.5) is 0 Å². The third-order valence-corrected chi connectivity index (χ3v) is 1.31. The van der Waals surface area contributed by atoms with E-state index >= 15 is 0 Å². The van der Waals surface area contributed by atoms with Crippen molar-refractivity contribution in [2.24, 2.45) is 0 Å². The average Bonchev–Trinajstić information content (AvgIpc) is 1.86. The van der Waals surface area contributed by atoms with Crippen molar-refractivity contribution in [2.45, 2.75) is 25.8 Å². The summed E-state index contributed by atoms with van der Waals surface area (Å²) in [5.74, 6) is 0. The lowest BCUT2D eigenvalue weighted by Crippen LogP contribution is -2.16. The van der Waals surface area contributed by atoms with Gasteiger partial charge in [0.15, 0.2) is 0 Å². The fourth-order valence-corrected chi connectivity index (χ4v) is 0.859. The molecule has 1 fully saturated rings. The molecule has 1 aliphatic heterocycles. The number of hydrogen-bond donors (Lipinski definition) is 1. The van der Waals surface area contributed by atoms with Crippen LogP contribution in [-0.4, -0.2) is 12.6 Å². The summed E-state index contributed by atoms with van der Waals surface area (Å²) in [5, 5.41) is 3.32. The molecule has 0 aliphatic carbocycles. The maximum atomic E-state index is 3.32. The Morgan fingerprint density at radius 1 is 1.57 bits per heavy atom. The van der Waals surface area contributed by atoms with Crippen molar-refractivity contribution >= 4 is 12.4 Å². The van der Waals surface area contributed by atoms with Crippen LogP contribution >= 0.6 is 12.4 Å². The molecule has 1 saturated heterocycles. The van der Waals surface area contributed by atoms with Gasteiger partial charge in [-0.2, -0.15) is 0 Å². The molecule has 0 unspecified atom stereocenters. The van der Waals surface area contributed by atoms with Gasteiger partial charge < -0.3 is 5.32 Å². The van der Waals surface area contributed by atoms with Crippen LogP contribution in [0.25, 0.3) is 0 Å². The standard InChI is InChI=1S/C5H11N.ClH/c1-5-3-2-4-6-5;/h5-6H,2-4H2,1H3;1H/t5-;/m1./s1. The Morgan fingerprint density at radius 3 is 2.43 bits per heavy atom. The molecule has 44 valence electrons. The first-order valence-corrected chi connectivity index (χ1v) is 2.63. The monoisotopic (exact) mass is 121 g/mol. The SMILES string of the molecule is C[C@@H]1CCCN1.Cl. The van der Waals surface area contributed by atoms with E-state index in [0.29, 0.717) is 0 Å². The summed E-state index contributed by atoms with van der Waals surface area (Å²) in [6.07, 6.45) is 2.75. The minimum atomic E-state index is 0. The maximum absolute atomic E-state index is 3.32. The van der Waals surface area contributed by atoms with Crippen LogP contribution < -0.4 is 5.32 Å². The smallest absolute Gasteiger partial charge is 0.00391 e. The van der Waals surface area contributed by atoms with Crippen molar-refractivity contribution in [3.63, 3.8) is 0 Å². The van der Waals surface area contributed by atoms with E-state index in [1.165, 1.54) is 19.4 Å². The van der Waals surface area contributed by atoms with Crippen molar-refractivity contribution in [1.82, 2.24) is 5.32 Å². The number of halogens is 1. The van der Waals surface area contributed by atoms with Gasteiger partial charge in [0.1, 0.15) is 0 Å². The van der Waals surface area contributed by atoms with Crippen LogP contribution in [0.3, 0.4) is 0 Å². The molecule has 0 spiro atoms. The fourth-order valence-electron chi connectivity index (χ4n) is 0.859. The van der Waals surface area contributed by atoms with E-state index in [1.54, 1.807) is 0 Å². The fraction of sp³-hybridized carbons (Fsp3) is 1.00. The zero-order valence-electron chi connectivity index (χ0n) is 4.61. The third-order valence-electron chi connectivity index (χ3n) is 1.31. The summed E-state index contributed by atoms with van der Waals surface area (Å²) in [7, 11) is 0. The van der Waals surface area contributed by atoms with E-state index in [9.17, 15) is 0 Å². The Hall–Kier alpha value is 0.250. The molecule has 0 aromatic rings. The normalized spacial score (nSPS) is 29.6. The van der Waals surface area contributed by atoms with Gasteiger partial charge in [-0.1, -0.05) is 0 Å². The minimum Gasteiger partial charge on any atom is -0.314 e. The maximum Gasteiger partial charge on any atom is 0.00391 e. The van der Waals surface area contributed by atoms with Crippen molar-refractivity contribution < 1.29 is 0 Å². The van der Waals surface area contributed by atoms with Crippen LogP contribution in [0.1, 0.15) is 19.8 Å². The highest BCUT2D eigenvalue weighted by atomic mass is 35.5. The van der Waals surface area contributed by atoms with Gasteiger partial charge in [-0.15, -0.1) is 12.4 Å². The summed E-state index contributed by atoms with van der Waals surface area (Å²) in [4.78, 5) is 0. The van der Waals surface area contributed by atoms with Crippen LogP contribution in [0.2, 0.25) is 0 Å². The second-order valence-electron chi connectivity index (χ2n) is 2.00. The molecule has 1 rings (SSSR count). The number of nitrogens with one attached hydrogen (secondary N) is 1. The molecule has 1 aliphatic rings. The van der Waals surface area contributed by atoms with Gasteiger partial charge in [0, 0.05) is 6.04 Å². The van der Waals surface area contributed by atoms with E-state index in [-0.39, 0.29) is 12.4 Å². The van der Waals surface area contributed by atoms with Gasteiger partial charge in [0.2, 0.25) is 0 Å². The number of hydrogen-bond acceptors (Lipinski definition) is 1. The quantitative estimate of drug-likeness (QED) is 0.508. The van der Waals surface area contributed by atoms with Crippen LogP contribution in [0.5, 0.6) is 0 Å². The Bertz CT molecular complexity index is 41.3. The first kappa shape index (κ1) is 7.25. The summed E-state index contributed by atoms with van der Waals surface area (Å²) < 4.78 is 0. The van der Waals surface area contributed by atoms with Crippen molar-refractivity contribution in [3.05, 3.63) is 0 Å². The highest BCUT2D eigenvalue weighted by Crippen LogP contribution is 2.01. The largest absolute Gasteiger partial charge is 0.314 e. The molecule has 0 amide bonds. The molecule has 7 heavy (non-hydrogen) atoms. The van der Waals surface area contributed by atoms with Gasteiger partial charge in [-0.3, -0.25) is 0 Å². The zero-order chi connectivity index (χ0) is 4.41. The second-order valence-corrected chi connectivity index (χ2v) is 2.00. The molecular formula is C5H12ClN. The molecule has 1 heterocycles. The highest BCUT2D eigenvalue weighted by Gasteiger charge is 2.05. The predicted octanol–water partition coefficient (Wildman–Crippen LogP) is 1.18. The summed E-state index contributed by atoms with van der Waals surface area (Å²) in [5.41, 5.74) is 0. The van der Waals surface area contributed by atoms with Gasteiger partial charge in [0.25, 0.3) is 0 Å². The molecule has 2 heteroatoms. The lowest BCUT2D eigenvalue weighted by Gasteiger charge is -1.95. The lowest BCUT2D eigenvalue weighted by atomic mass is 10.3. The highest BCUT2D eigenvalue weighted by molar-refractivity contribution is 5.85. The van der Waals surface area contributed by atoms with Crippen molar-refractivity contribution in [2.75, 3.05) is 6.54 Å². The first-order valence-electron chi connectivity index (χ1n) is 2.63. The van der Waals surface area contributed by atoms with Gasteiger partial charge >= 0.3 is 0 Å². The molecule has 1 nitrogen and oxygen atoms in total. The van der Waals surface area contributed by atoms with Crippen LogP contribution in [0.15, 0.2) is 0 Å². The van der Waals surface area contributed by atoms with E-state index in [1.807, 2.05) is 0 Å². The third kappa shape index (κ3) is 2.15. The summed E-state index contributed by atoms with van der Waals surface area (Å²) in [6, 6.07) is 0.796. The molecule has 0 aromatic carbocycles.